The van der Waals surface area contributed by atoms with Crippen LogP contribution in [0.5, 0.6) is 0 Å². The highest BCUT2D eigenvalue weighted by molar-refractivity contribution is 14.1. The van der Waals surface area contributed by atoms with Crippen molar-refractivity contribution in [3.05, 3.63) is 68.8 Å². The number of ether oxygens (including phenoxy) is 1. The largest absolute Gasteiger partial charge is 0.446 e. The topological polar surface area (TPSA) is 41.9 Å². The summed E-state index contributed by atoms with van der Waals surface area (Å²) in [6.45, 7) is 3.50. The van der Waals surface area contributed by atoms with Crippen molar-refractivity contribution in [3.8, 4) is 0 Å². The molecule has 0 fully saturated rings. The molecule has 22 heavy (non-hydrogen) atoms. The molecule has 1 aliphatic heterocycles. The van der Waals surface area contributed by atoms with E-state index in [1.807, 2.05) is 55.5 Å². The Labute approximate surface area is 142 Å². The van der Waals surface area contributed by atoms with Gasteiger partial charge in [-0.1, -0.05) is 30.3 Å². The van der Waals surface area contributed by atoms with E-state index < -0.39 is 6.23 Å². The lowest BCUT2D eigenvalue weighted by molar-refractivity contribution is -0.135. The van der Waals surface area contributed by atoms with Gasteiger partial charge in [-0.2, -0.15) is 5.01 Å². The zero-order valence-electron chi connectivity index (χ0n) is 12.3. The number of hydrogen-bond donors (Lipinski definition) is 0. The Morgan fingerprint density at radius 3 is 2.68 bits per heavy atom. The molecule has 1 amide bonds. The van der Waals surface area contributed by atoms with Gasteiger partial charge in [-0.05, 0) is 53.3 Å². The number of amides is 1. The molecular weight excluding hydrogens is 391 g/mol. The van der Waals surface area contributed by atoms with E-state index in [4.69, 9.17) is 4.74 Å². The number of benzene rings is 2. The molecule has 3 rings (SSSR count). The molecule has 1 heterocycles. The minimum atomic E-state index is -0.508. The zero-order valence-corrected chi connectivity index (χ0v) is 14.4. The molecule has 1 unspecified atom stereocenters. The number of aryl methyl sites for hydroxylation is 1. The van der Waals surface area contributed by atoms with Crippen LogP contribution in [0.15, 0.2) is 53.6 Å². The Balaban J connectivity index is 1.99. The van der Waals surface area contributed by atoms with Gasteiger partial charge in [0.15, 0.2) is 0 Å². The van der Waals surface area contributed by atoms with Crippen LogP contribution in [0, 0.1) is 10.5 Å². The molecule has 1 aliphatic rings. The Bertz CT molecular complexity index is 758. The second-order valence-corrected chi connectivity index (χ2v) is 6.35. The van der Waals surface area contributed by atoms with Gasteiger partial charge >= 0.3 is 0 Å². The first-order valence-corrected chi connectivity index (χ1v) is 8.00. The van der Waals surface area contributed by atoms with Gasteiger partial charge in [-0.3, -0.25) is 4.79 Å². The summed E-state index contributed by atoms with van der Waals surface area (Å²) in [7, 11) is 0. The normalized spacial score (nSPS) is 17.1. The molecule has 4 nitrogen and oxygen atoms in total. The molecule has 0 N–H and O–H groups in total. The predicted octanol–water partition coefficient (Wildman–Crippen LogP) is 3.84. The first kappa shape index (κ1) is 15.0. The molecule has 0 radical (unpaired) electrons. The molecule has 0 spiro atoms. The summed E-state index contributed by atoms with van der Waals surface area (Å²) < 4.78 is 7.09. The molecule has 0 aromatic heterocycles. The fourth-order valence-corrected chi connectivity index (χ4v) is 2.91. The van der Waals surface area contributed by atoms with Gasteiger partial charge in [0.2, 0.25) is 18.0 Å². The van der Waals surface area contributed by atoms with Gasteiger partial charge in [-0.25, -0.2) is 0 Å². The summed E-state index contributed by atoms with van der Waals surface area (Å²) in [6, 6.07) is 15.7. The molecular formula is C17H15IN2O2. The molecule has 2 aromatic rings. The van der Waals surface area contributed by atoms with Gasteiger partial charge in [0, 0.05) is 21.6 Å². The second kappa shape index (κ2) is 6.08. The van der Waals surface area contributed by atoms with E-state index in [-0.39, 0.29) is 5.91 Å². The second-order valence-electron chi connectivity index (χ2n) is 5.11. The number of rotatable bonds is 2. The van der Waals surface area contributed by atoms with Gasteiger partial charge < -0.3 is 4.74 Å². The summed E-state index contributed by atoms with van der Waals surface area (Å²) in [5.41, 5.74) is 2.88. The van der Waals surface area contributed by atoms with Crippen molar-refractivity contribution in [3.63, 3.8) is 0 Å². The third kappa shape index (κ3) is 2.85. The molecule has 0 saturated carbocycles. The summed E-state index contributed by atoms with van der Waals surface area (Å²) in [5, 5.41) is 5.77. The lowest BCUT2D eigenvalue weighted by Crippen LogP contribution is -2.25. The van der Waals surface area contributed by atoms with Crippen molar-refractivity contribution >= 4 is 34.4 Å². The average molecular weight is 406 g/mol. The SMILES string of the molecule is CC(=O)N1N=C(c2cccc(I)c2)OC1c1ccccc1C. The van der Waals surface area contributed by atoms with Crippen LogP contribution in [0.25, 0.3) is 0 Å². The molecule has 0 aliphatic carbocycles. The molecule has 0 saturated heterocycles. The predicted molar refractivity (Wildman–Crippen MR) is 93.2 cm³/mol. The van der Waals surface area contributed by atoms with Crippen LogP contribution in [0.2, 0.25) is 0 Å². The van der Waals surface area contributed by atoms with E-state index >= 15 is 0 Å². The van der Waals surface area contributed by atoms with Gasteiger partial charge in [0.25, 0.3) is 0 Å². The van der Waals surface area contributed by atoms with Crippen molar-refractivity contribution in [1.29, 1.82) is 0 Å². The van der Waals surface area contributed by atoms with E-state index in [0.717, 1.165) is 20.3 Å². The summed E-state index contributed by atoms with van der Waals surface area (Å²) in [6.07, 6.45) is -0.508. The fraction of sp³-hybridized carbons (Fsp3) is 0.176. The lowest BCUT2D eigenvalue weighted by atomic mass is 10.1. The zero-order chi connectivity index (χ0) is 15.7. The number of nitrogens with zero attached hydrogens (tertiary/aromatic N) is 2. The molecule has 0 bridgehead atoms. The third-order valence-corrected chi connectivity index (χ3v) is 4.16. The average Bonchev–Trinajstić information content (AvgIpc) is 2.93. The summed E-state index contributed by atoms with van der Waals surface area (Å²) in [5.74, 6) is 0.329. The highest BCUT2D eigenvalue weighted by Crippen LogP contribution is 2.32. The van der Waals surface area contributed by atoms with Gasteiger partial charge in [-0.15, -0.1) is 5.10 Å². The smallest absolute Gasteiger partial charge is 0.243 e. The van der Waals surface area contributed by atoms with Crippen LogP contribution in [-0.2, 0) is 9.53 Å². The first-order valence-electron chi connectivity index (χ1n) is 6.93. The van der Waals surface area contributed by atoms with Crippen LogP contribution >= 0.6 is 22.6 Å². The standard InChI is InChI=1S/C17H15IN2O2/c1-11-6-3-4-9-15(11)17-20(12(2)21)19-16(22-17)13-7-5-8-14(18)10-13/h3-10,17H,1-2H3. The Morgan fingerprint density at radius 1 is 1.23 bits per heavy atom. The minimum absolute atomic E-state index is 0.145. The fourth-order valence-electron chi connectivity index (χ4n) is 2.37. The maximum Gasteiger partial charge on any atom is 0.243 e. The Kier molecular flexibility index (Phi) is 4.15. The van der Waals surface area contributed by atoms with Crippen LogP contribution < -0.4 is 0 Å². The number of halogens is 1. The lowest BCUT2D eigenvalue weighted by Gasteiger charge is -2.20. The third-order valence-electron chi connectivity index (χ3n) is 3.49. The van der Waals surface area contributed by atoms with E-state index in [1.165, 1.54) is 11.9 Å². The molecule has 2 aromatic carbocycles. The number of carbonyl (C=O) groups is 1. The van der Waals surface area contributed by atoms with Crippen molar-refractivity contribution in [1.82, 2.24) is 5.01 Å². The van der Waals surface area contributed by atoms with E-state index in [0.29, 0.717) is 5.90 Å². The number of carbonyl (C=O) groups excluding carboxylic acids is 1. The van der Waals surface area contributed by atoms with Crippen LogP contribution in [0.4, 0.5) is 0 Å². The molecule has 112 valence electrons. The van der Waals surface area contributed by atoms with Crippen molar-refractivity contribution in [2.24, 2.45) is 5.10 Å². The highest BCUT2D eigenvalue weighted by Gasteiger charge is 2.33. The first-order chi connectivity index (χ1) is 10.6. The Hall–Kier alpha value is -1.89. The maximum absolute atomic E-state index is 11.9. The van der Waals surface area contributed by atoms with E-state index in [1.54, 1.807) is 0 Å². The van der Waals surface area contributed by atoms with Gasteiger partial charge in [0.05, 0.1) is 0 Å². The van der Waals surface area contributed by atoms with Crippen molar-refractivity contribution in [2.45, 2.75) is 20.1 Å². The summed E-state index contributed by atoms with van der Waals surface area (Å²) in [4.78, 5) is 11.9. The highest BCUT2D eigenvalue weighted by atomic mass is 127. The Morgan fingerprint density at radius 2 is 2.00 bits per heavy atom. The van der Waals surface area contributed by atoms with E-state index in [9.17, 15) is 4.79 Å². The number of hydrogen-bond acceptors (Lipinski definition) is 3. The van der Waals surface area contributed by atoms with E-state index in [2.05, 4.69) is 27.7 Å². The van der Waals surface area contributed by atoms with Crippen LogP contribution in [0.1, 0.15) is 29.8 Å². The van der Waals surface area contributed by atoms with Crippen molar-refractivity contribution < 1.29 is 9.53 Å². The van der Waals surface area contributed by atoms with Crippen LogP contribution in [0.3, 0.4) is 0 Å². The maximum atomic E-state index is 11.9. The molecule has 1 atom stereocenters. The molecule has 5 heteroatoms. The quantitative estimate of drug-likeness (QED) is 0.712. The number of hydrazone groups is 1. The van der Waals surface area contributed by atoms with Gasteiger partial charge in [0.1, 0.15) is 0 Å². The summed E-state index contributed by atoms with van der Waals surface area (Å²) >= 11 is 2.24. The van der Waals surface area contributed by atoms with Crippen LogP contribution in [-0.4, -0.2) is 16.8 Å². The van der Waals surface area contributed by atoms with Crippen molar-refractivity contribution in [2.75, 3.05) is 0 Å². The minimum Gasteiger partial charge on any atom is -0.446 e. The monoisotopic (exact) mass is 406 g/mol.